The first-order chi connectivity index (χ1) is 17.3. The van der Waals surface area contributed by atoms with Crippen LogP contribution in [0.3, 0.4) is 0 Å². The second-order valence-electron chi connectivity index (χ2n) is 9.72. The second kappa shape index (κ2) is 9.80. The van der Waals surface area contributed by atoms with Crippen molar-refractivity contribution in [1.29, 1.82) is 0 Å². The highest BCUT2D eigenvalue weighted by atomic mass is 14.9. The second-order valence-corrected chi connectivity index (χ2v) is 9.72. The Bertz CT molecular complexity index is 1350. The highest BCUT2D eigenvalue weighted by Gasteiger charge is 2.39. The summed E-state index contributed by atoms with van der Waals surface area (Å²) in [7, 11) is 0. The maximum atomic E-state index is 3.77. The fraction of sp³-hybridized carbons (Fsp3) is 0.176. The number of benzene rings is 2. The number of rotatable bonds is 5. The molecule has 0 bridgehead atoms. The molecule has 2 aromatic rings. The third-order valence-electron chi connectivity index (χ3n) is 7.31. The maximum Gasteiger partial charge on any atom is 0.0466 e. The minimum absolute atomic E-state index is 0.695. The first-order valence-corrected chi connectivity index (χ1v) is 12.8. The first-order valence-electron chi connectivity index (χ1n) is 12.8. The standard InChI is InChI=1S/C34H31N/c1-2-6-11-25(12-7-3-1)26-17-20-30(21-18-26)35-34-24-29(31-16-10-15-28-23-33(28)31)19-22-32(34)27-13-8-4-5-9-14-27/h2-11,13,15-22,24,28,33,35H,1,12,14,23H2/b6-2-,7-3-,25-11+. The van der Waals surface area contributed by atoms with Crippen molar-refractivity contribution in [3.8, 4) is 0 Å². The molecule has 1 heteroatoms. The van der Waals surface area contributed by atoms with Crippen LogP contribution in [-0.4, -0.2) is 0 Å². The van der Waals surface area contributed by atoms with E-state index in [1.165, 1.54) is 45.5 Å². The molecule has 0 aromatic heterocycles. The van der Waals surface area contributed by atoms with Gasteiger partial charge in [0.05, 0.1) is 0 Å². The minimum atomic E-state index is 0.695. The molecule has 172 valence electrons. The third-order valence-corrected chi connectivity index (χ3v) is 7.31. The van der Waals surface area contributed by atoms with Crippen molar-refractivity contribution < 1.29 is 0 Å². The molecule has 0 heterocycles. The van der Waals surface area contributed by atoms with Crippen LogP contribution in [0.15, 0.2) is 121 Å². The summed E-state index contributed by atoms with van der Waals surface area (Å²) in [4.78, 5) is 0. The molecule has 0 radical (unpaired) electrons. The van der Waals surface area contributed by atoms with Crippen LogP contribution in [-0.2, 0) is 0 Å². The van der Waals surface area contributed by atoms with Gasteiger partial charge in [-0.05, 0) is 83.6 Å². The fourth-order valence-corrected chi connectivity index (χ4v) is 5.26. The summed E-state index contributed by atoms with van der Waals surface area (Å²) >= 11 is 0. The smallest absolute Gasteiger partial charge is 0.0466 e. The zero-order chi connectivity index (χ0) is 23.5. The number of allylic oxidation sites excluding steroid dienone is 16. The lowest BCUT2D eigenvalue weighted by molar-refractivity contribution is 0.999. The van der Waals surface area contributed by atoms with Crippen molar-refractivity contribution in [3.63, 3.8) is 0 Å². The molecule has 1 nitrogen and oxygen atoms in total. The summed E-state index contributed by atoms with van der Waals surface area (Å²) in [5, 5.41) is 3.77. The zero-order valence-electron chi connectivity index (χ0n) is 20.0. The Labute approximate surface area is 209 Å². The Morgan fingerprint density at radius 3 is 2.46 bits per heavy atom. The molecular weight excluding hydrogens is 422 g/mol. The van der Waals surface area contributed by atoms with E-state index >= 15 is 0 Å². The number of anilines is 2. The van der Waals surface area contributed by atoms with E-state index in [2.05, 4.69) is 127 Å². The van der Waals surface area contributed by atoms with Gasteiger partial charge in [0.1, 0.15) is 0 Å². The van der Waals surface area contributed by atoms with Crippen molar-refractivity contribution in [1.82, 2.24) is 0 Å². The monoisotopic (exact) mass is 453 g/mol. The molecule has 0 spiro atoms. The molecule has 1 saturated carbocycles. The van der Waals surface area contributed by atoms with Crippen molar-refractivity contribution >= 4 is 28.1 Å². The van der Waals surface area contributed by atoms with Crippen molar-refractivity contribution in [2.75, 3.05) is 5.32 Å². The molecule has 2 aromatic carbocycles. The number of hydrogen-bond donors (Lipinski definition) is 1. The lowest BCUT2D eigenvalue weighted by Crippen LogP contribution is -2.00. The van der Waals surface area contributed by atoms with E-state index in [4.69, 9.17) is 0 Å². The molecule has 2 unspecified atom stereocenters. The summed E-state index contributed by atoms with van der Waals surface area (Å²) in [6.45, 7) is 0. The normalized spacial score (nSPS) is 25.7. The average molecular weight is 454 g/mol. The highest BCUT2D eigenvalue weighted by molar-refractivity contribution is 5.85. The summed E-state index contributed by atoms with van der Waals surface area (Å²) in [6, 6.07) is 15.9. The van der Waals surface area contributed by atoms with E-state index < -0.39 is 0 Å². The Morgan fingerprint density at radius 2 is 1.51 bits per heavy atom. The van der Waals surface area contributed by atoms with Gasteiger partial charge < -0.3 is 5.32 Å². The highest BCUT2D eigenvalue weighted by Crippen LogP contribution is 2.51. The van der Waals surface area contributed by atoms with Crippen LogP contribution in [0, 0.1) is 11.8 Å². The average Bonchev–Trinajstić information content (AvgIpc) is 3.69. The predicted molar refractivity (Wildman–Crippen MR) is 151 cm³/mol. The predicted octanol–water partition coefficient (Wildman–Crippen LogP) is 9.21. The van der Waals surface area contributed by atoms with E-state index in [0.717, 1.165) is 30.9 Å². The summed E-state index contributed by atoms with van der Waals surface area (Å²) in [6.07, 6.45) is 33.1. The van der Waals surface area contributed by atoms with Gasteiger partial charge in [-0.3, -0.25) is 0 Å². The van der Waals surface area contributed by atoms with Gasteiger partial charge >= 0.3 is 0 Å². The zero-order valence-corrected chi connectivity index (χ0v) is 20.0. The quantitative estimate of drug-likeness (QED) is 0.445. The topological polar surface area (TPSA) is 12.0 Å². The van der Waals surface area contributed by atoms with Crippen molar-refractivity contribution in [2.24, 2.45) is 11.8 Å². The molecule has 35 heavy (non-hydrogen) atoms. The molecule has 0 amide bonds. The molecule has 0 saturated heterocycles. The molecule has 4 aliphatic carbocycles. The fourth-order valence-electron chi connectivity index (χ4n) is 5.26. The van der Waals surface area contributed by atoms with Gasteiger partial charge in [0.15, 0.2) is 0 Å². The van der Waals surface area contributed by atoms with E-state index in [1.54, 1.807) is 0 Å². The van der Waals surface area contributed by atoms with E-state index in [1.807, 2.05) is 0 Å². The molecule has 0 aliphatic heterocycles. The summed E-state index contributed by atoms with van der Waals surface area (Å²) in [5.41, 5.74) is 10.3. The maximum absolute atomic E-state index is 3.77. The van der Waals surface area contributed by atoms with E-state index in [0.29, 0.717) is 5.92 Å². The molecule has 1 fully saturated rings. The Balaban J connectivity index is 1.32. The third kappa shape index (κ3) is 4.86. The Morgan fingerprint density at radius 1 is 0.657 bits per heavy atom. The van der Waals surface area contributed by atoms with E-state index in [-0.39, 0.29) is 0 Å². The molecule has 1 N–H and O–H groups in total. The minimum Gasteiger partial charge on any atom is -0.355 e. The van der Waals surface area contributed by atoms with Gasteiger partial charge in [-0.15, -0.1) is 0 Å². The molecular formula is C34H31N. The van der Waals surface area contributed by atoms with Crippen LogP contribution < -0.4 is 5.32 Å². The van der Waals surface area contributed by atoms with Crippen LogP contribution in [0.4, 0.5) is 11.4 Å². The summed E-state index contributed by atoms with van der Waals surface area (Å²) < 4.78 is 0. The van der Waals surface area contributed by atoms with Gasteiger partial charge in [0.2, 0.25) is 0 Å². The first kappa shape index (κ1) is 21.7. The van der Waals surface area contributed by atoms with Gasteiger partial charge in [0, 0.05) is 16.9 Å². The van der Waals surface area contributed by atoms with Crippen LogP contribution in [0.2, 0.25) is 0 Å². The molecule has 6 rings (SSSR count). The van der Waals surface area contributed by atoms with E-state index in [9.17, 15) is 0 Å². The number of hydrogen-bond acceptors (Lipinski definition) is 1. The summed E-state index contributed by atoms with van der Waals surface area (Å²) in [5.74, 6) is 1.44. The number of nitrogens with one attached hydrogen (secondary N) is 1. The van der Waals surface area contributed by atoms with Crippen LogP contribution in [0.1, 0.15) is 42.4 Å². The molecule has 4 aliphatic rings. The lowest BCUT2D eigenvalue weighted by atomic mass is 9.92. The van der Waals surface area contributed by atoms with Gasteiger partial charge in [-0.2, -0.15) is 0 Å². The van der Waals surface area contributed by atoms with Crippen LogP contribution in [0.25, 0.3) is 16.7 Å². The Hall–Kier alpha value is -3.84. The van der Waals surface area contributed by atoms with Gasteiger partial charge in [-0.25, -0.2) is 0 Å². The van der Waals surface area contributed by atoms with Crippen LogP contribution >= 0.6 is 0 Å². The van der Waals surface area contributed by atoms with Crippen LogP contribution in [0.5, 0.6) is 0 Å². The lowest BCUT2D eigenvalue weighted by Gasteiger charge is -2.18. The molecule has 2 atom stereocenters. The van der Waals surface area contributed by atoms with Crippen molar-refractivity contribution in [3.05, 3.63) is 138 Å². The number of fused-ring (bicyclic) bond motifs is 1. The largest absolute Gasteiger partial charge is 0.355 e. The van der Waals surface area contributed by atoms with Gasteiger partial charge in [-0.1, -0.05) is 103 Å². The van der Waals surface area contributed by atoms with Gasteiger partial charge in [0.25, 0.3) is 0 Å². The SMILES string of the molecule is C1=CC=C(c2ccc(C3=CC=CC4CC34)cc2Nc2ccc(/C3=C/C=C\C/C=C\C3)cc2)CC=C1. The Kier molecular flexibility index (Phi) is 6.07. The van der Waals surface area contributed by atoms with Crippen molar-refractivity contribution in [2.45, 2.75) is 25.7 Å².